The maximum Gasteiger partial charge on any atom is 0.00959 e. The van der Waals surface area contributed by atoms with Gasteiger partial charge in [-0.2, -0.15) is 0 Å². The molecule has 0 amide bonds. The summed E-state index contributed by atoms with van der Waals surface area (Å²) < 4.78 is 0. The topological polar surface area (TPSA) is 0 Å². The van der Waals surface area contributed by atoms with E-state index in [1.165, 1.54) is 43.3 Å². The Hall–Kier alpha value is -1.04. The SMILES string of the molecule is C=CCCCC1CCC12C=CC(=C(C)C)C=C2. The first-order chi connectivity index (χ1) is 8.18. The van der Waals surface area contributed by atoms with E-state index >= 15 is 0 Å². The average molecular weight is 228 g/mol. The zero-order chi connectivity index (χ0) is 12.3. The molecule has 2 aliphatic carbocycles. The predicted molar refractivity (Wildman–Crippen MR) is 75.9 cm³/mol. The fourth-order valence-corrected chi connectivity index (χ4v) is 2.98. The molecule has 0 saturated heterocycles. The van der Waals surface area contributed by atoms with Crippen LogP contribution in [0, 0.1) is 11.3 Å². The van der Waals surface area contributed by atoms with Gasteiger partial charge in [0.2, 0.25) is 0 Å². The average Bonchev–Trinajstić information content (AvgIpc) is 2.33. The first-order valence-electron chi connectivity index (χ1n) is 6.85. The lowest BCUT2D eigenvalue weighted by molar-refractivity contribution is 0.126. The summed E-state index contributed by atoms with van der Waals surface area (Å²) in [6.45, 7) is 8.17. The molecule has 1 atom stereocenters. The molecule has 92 valence electrons. The van der Waals surface area contributed by atoms with E-state index in [9.17, 15) is 0 Å². The van der Waals surface area contributed by atoms with E-state index in [1.54, 1.807) is 0 Å². The van der Waals surface area contributed by atoms with Crippen molar-refractivity contribution >= 4 is 0 Å². The van der Waals surface area contributed by atoms with Crippen LogP contribution in [-0.2, 0) is 0 Å². The van der Waals surface area contributed by atoms with Crippen molar-refractivity contribution in [3.05, 3.63) is 48.1 Å². The van der Waals surface area contributed by atoms with Gasteiger partial charge in [0.15, 0.2) is 0 Å². The molecule has 0 heterocycles. The number of hydrogen-bond acceptors (Lipinski definition) is 0. The van der Waals surface area contributed by atoms with Gasteiger partial charge >= 0.3 is 0 Å². The summed E-state index contributed by atoms with van der Waals surface area (Å²) in [4.78, 5) is 0. The predicted octanol–water partition coefficient (Wildman–Crippen LogP) is 5.20. The quantitative estimate of drug-likeness (QED) is 0.458. The summed E-state index contributed by atoms with van der Waals surface area (Å²) >= 11 is 0. The van der Waals surface area contributed by atoms with Crippen LogP contribution in [-0.4, -0.2) is 0 Å². The van der Waals surface area contributed by atoms with Crippen LogP contribution < -0.4 is 0 Å². The molecule has 0 N–H and O–H groups in total. The van der Waals surface area contributed by atoms with Gasteiger partial charge in [-0.1, -0.05) is 36.0 Å². The molecule has 1 unspecified atom stereocenters. The summed E-state index contributed by atoms with van der Waals surface area (Å²) in [5.41, 5.74) is 3.21. The van der Waals surface area contributed by atoms with Crippen molar-refractivity contribution in [2.75, 3.05) is 0 Å². The highest BCUT2D eigenvalue weighted by atomic mass is 14.5. The summed E-state index contributed by atoms with van der Waals surface area (Å²) in [6.07, 6.45) is 18.2. The van der Waals surface area contributed by atoms with E-state index in [2.05, 4.69) is 44.7 Å². The van der Waals surface area contributed by atoms with Crippen LogP contribution in [0.15, 0.2) is 48.1 Å². The van der Waals surface area contributed by atoms with Crippen LogP contribution in [0.4, 0.5) is 0 Å². The van der Waals surface area contributed by atoms with Gasteiger partial charge in [0, 0.05) is 5.41 Å². The minimum absolute atomic E-state index is 0.403. The van der Waals surface area contributed by atoms with E-state index in [-0.39, 0.29) is 0 Å². The van der Waals surface area contributed by atoms with Gasteiger partial charge in [0.05, 0.1) is 0 Å². The zero-order valence-corrected chi connectivity index (χ0v) is 11.2. The second-order valence-corrected chi connectivity index (χ2v) is 5.69. The molecule has 2 rings (SSSR count). The van der Waals surface area contributed by atoms with Gasteiger partial charge in [-0.3, -0.25) is 0 Å². The third kappa shape index (κ3) is 2.46. The Balaban J connectivity index is 1.99. The molecule has 0 aromatic heterocycles. The minimum atomic E-state index is 0.403. The summed E-state index contributed by atoms with van der Waals surface area (Å²) in [5.74, 6) is 0.869. The number of allylic oxidation sites excluding steroid dienone is 7. The molecule has 0 aromatic carbocycles. The van der Waals surface area contributed by atoms with E-state index < -0.39 is 0 Å². The molecule has 17 heavy (non-hydrogen) atoms. The highest BCUT2D eigenvalue weighted by Crippen LogP contribution is 2.53. The lowest BCUT2D eigenvalue weighted by Crippen LogP contribution is -2.37. The minimum Gasteiger partial charge on any atom is -0.103 e. The second kappa shape index (κ2) is 5.08. The highest BCUT2D eigenvalue weighted by molar-refractivity contribution is 5.42. The Morgan fingerprint density at radius 3 is 2.59 bits per heavy atom. The molecular weight excluding hydrogens is 204 g/mol. The van der Waals surface area contributed by atoms with Crippen molar-refractivity contribution in [1.82, 2.24) is 0 Å². The smallest absolute Gasteiger partial charge is 0.00959 e. The fraction of sp³-hybridized carbons (Fsp3) is 0.529. The van der Waals surface area contributed by atoms with Crippen LogP contribution in [0.2, 0.25) is 0 Å². The Kier molecular flexibility index (Phi) is 3.71. The van der Waals surface area contributed by atoms with Gasteiger partial charge in [-0.25, -0.2) is 0 Å². The molecular formula is C17H24. The molecule has 0 aromatic rings. The molecule has 1 fully saturated rings. The van der Waals surface area contributed by atoms with Crippen LogP contribution >= 0.6 is 0 Å². The van der Waals surface area contributed by atoms with Crippen LogP contribution in [0.5, 0.6) is 0 Å². The Bertz CT molecular complexity index is 359. The van der Waals surface area contributed by atoms with Crippen LogP contribution in [0.1, 0.15) is 46.0 Å². The van der Waals surface area contributed by atoms with E-state index in [0.29, 0.717) is 5.41 Å². The molecule has 0 radical (unpaired) electrons. The zero-order valence-electron chi connectivity index (χ0n) is 11.2. The van der Waals surface area contributed by atoms with Gasteiger partial charge < -0.3 is 0 Å². The first-order valence-corrected chi connectivity index (χ1v) is 6.85. The summed E-state index contributed by atoms with van der Waals surface area (Å²) in [6, 6.07) is 0. The van der Waals surface area contributed by atoms with Crippen molar-refractivity contribution in [1.29, 1.82) is 0 Å². The molecule has 0 nitrogen and oxygen atoms in total. The van der Waals surface area contributed by atoms with E-state index in [0.717, 1.165) is 5.92 Å². The van der Waals surface area contributed by atoms with Gasteiger partial charge in [0.25, 0.3) is 0 Å². The Morgan fingerprint density at radius 2 is 2.12 bits per heavy atom. The molecule has 1 spiro atoms. The highest BCUT2D eigenvalue weighted by Gasteiger charge is 2.42. The number of rotatable bonds is 4. The lowest BCUT2D eigenvalue weighted by atomic mass is 9.57. The molecule has 1 saturated carbocycles. The second-order valence-electron chi connectivity index (χ2n) is 5.69. The maximum atomic E-state index is 3.80. The fourth-order valence-electron chi connectivity index (χ4n) is 2.98. The van der Waals surface area contributed by atoms with Gasteiger partial charge in [0.1, 0.15) is 0 Å². The van der Waals surface area contributed by atoms with Gasteiger partial charge in [-0.15, -0.1) is 6.58 Å². The lowest BCUT2D eigenvalue weighted by Gasteiger charge is -2.47. The third-order valence-corrected chi connectivity index (χ3v) is 4.37. The molecule has 2 aliphatic rings. The third-order valence-electron chi connectivity index (χ3n) is 4.37. The monoisotopic (exact) mass is 228 g/mol. The van der Waals surface area contributed by atoms with Crippen molar-refractivity contribution < 1.29 is 0 Å². The normalized spacial score (nSPS) is 30.5. The largest absolute Gasteiger partial charge is 0.103 e. The first kappa shape index (κ1) is 12.4. The molecule has 0 bridgehead atoms. The Labute approximate surface area is 106 Å². The van der Waals surface area contributed by atoms with Crippen molar-refractivity contribution in [2.45, 2.75) is 46.0 Å². The van der Waals surface area contributed by atoms with Crippen molar-refractivity contribution in [3.63, 3.8) is 0 Å². The standard InChI is InChI=1S/C17H24/c1-4-5-6-7-16-10-13-17(16)11-8-15(9-12-17)14(2)3/h4,8-9,11-12,16H,1,5-7,10,13H2,2-3H3. The van der Waals surface area contributed by atoms with Crippen LogP contribution in [0.3, 0.4) is 0 Å². The van der Waals surface area contributed by atoms with E-state index in [4.69, 9.17) is 0 Å². The van der Waals surface area contributed by atoms with Crippen molar-refractivity contribution in [2.24, 2.45) is 11.3 Å². The number of unbranched alkanes of at least 4 members (excludes halogenated alkanes) is 1. The number of hydrogen-bond donors (Lipinski definition) is 0. The van der Waals surface area contributed by atoms with Crippen LogP contribution in [0.25, 0.3) is 0 Å². The molecule has 0 aliphatic heterocycles. The molecule has 0 heteroatoms. The van der Waals surface area contributed by atoms with Gasteiger partial charge in [-0.05, 0) is 57.4 Å². The summed E-state index contributed by atoms with van der Waals surface area (Å²) in [7, 11) is 0. The van der Waals surface area contributed by atoms with Crippen molar-refractivity contribution in [3.8, 4) is 0 Å². The summed E-state index contributed by atoms with van der Waals surface area (Å²) in [5, 5.41) is 0. The maximum absolute atomic E-state index is 3.80. The van der Waals surface area contributed by atoms with E-state index in [1.807, 2.05) is 6.08 Å². The Morgan fingerprint density at radius 1 is 1.41 bits per heavy atom.